The summed E-state index contributed by atoms with van der Waals surface area (Å²) >= 11 is 0. The van der Waals surface area contributed by atoms with Gasteiger partial charge in [0.1, 0.15) is 11.4 Å². The molecule has 0 atom stereocenters. The Kier molecular flexibility index (Phi) is 5.85. The van der Waals surface area contributed by atoms with Crippen molar-refractivity contribution >= 4 is 32.5 Å². The van der Waals surface area contributed by atoms with Crippen molar-refractivity contribution in [2.45, 2.75) is 13.3 Å². The number of ketones is 1. The predicted molar refractivity (Wildman–Crippen MR) is 115 cm³/mol. The van der Waals surface area contributed by atoms with Crippen LogP contribution in [-0.4, -0.2) is 40.1 Å². The van der Waals surface area contributed by atoms with E-state index in [2.05, 4.69) is 20.2 Å². The van der Waals surface area contributed by atoms with Crippen LogP contribution >= 0.6 is 0 Å². The molecule has 2 aromatic carbocycles. The number of nitrogens with one attached hydrogen (secondary N) is 2. The van der Waals surface area contributed by atoms with E-state index >= 15 is 0 Å². The predicted octanol–water partition coefficient (Wildman–Crippen LogP) is 3.82. The molecule has 8 nitrogen and oxygen atoms in total. The molecule has 0 aliphatic heterocycles. The van der Waals surface area contributed by atoms with Gasteiger partial charge >= 0.3 is 0 Å². The second kappa shape index (κ2) is 8.62. The Hall–Kier alpha value is -3.80. The van der Waals surface area contributed by atoms with Gasteiger partial charge in [0.25, 0.3) is 0 Å². The standard InChI is InChI=1S/C21H16F3N5O3S/c1-2-7-33(31,32)29-16-9-12(22)19(23)18(20(16)24)21(30)11-3-4-13-15(8-11)27-17(10-25-13)14-5-6-26-28-14/h3-6,8-10,29H,2,7H2,1H3,(H,26,28). The van der Waals surface area contributed by atoms with Crippen LogP contribution in [0, 0.1) is 17.5 Å². The molecule has 0 fully saturated rings. The van der Waals surface area contributed by atoms with Gasteiger partial charge in [-0.25, -0.2) is 26.6 Å². The van der Waals surface area contributed by atoms with Gasteiger partial charge in [0, 0.05) is 17.8 Å². The van der Waals surface area contributed by atoms with Gasteiger partial charge in [0.05, 0.1) is 34.2 Å². The van der Waals surface area contributed by atoms with E-state index in [-0.39, 0.29) is 23.3 Å². The summed E-state index contributed by atoms with van der Waals surface area (Å²) in [7, 11) is -4.02. The molecule has 0 aliphatic carbocycles. The van der Waals surface area contributed by atoms with Gasteiger partial charge < -0.3 is 0 Å². The maximum atomic E-state index is 15.0. The molecule has 33 heavy (non-hydrogen) atoms. The lowest BCUT2D eigenvalue weighted by molar-refractivity contribution is 0.103. The average molecular weight is 475 g/mol. The van der Waals surface area contributed by atoms with Crippen LogP contribution in [0.3, 0.4) is 0 Å². The van der Waals surface area contributed by atoms with E-state index in [1.165, 1.54) is 24.4 Å². The molecule has 2 heterocycles. The average Bonchev–Trinajstić information content (AvgIpc) is 3.31. The summed E-state index contributed by atoms with van der Waals surface area (Å²) < 4.78 is 69.4. The van der Waals surface area contributed by atoms with Gasteiger partial charge in [-0.05, 0) is 30.7 Å². The highest BCUT2D eigenvalue weighted by atomic mass is 32.2. The van der Waals surface area contributed by atoms with Crippen molar-refractivity contribution in [1.82, 2.24) is 20.2 Å². The van der Waals surface area contributed by atoms with Gasteiger partial charge in [0.2, 0.25) is 10.0 Å². The third kappa shape index (κ3) is 4.42. The number of H-pyrrole nitrogens is 1. The molecule has 12 heteroatoms. The van der Waals surface area contributed by atoms with Crippen LogP contribution in [0.25, 0.3) is 22.4 Å². The molecule has 0 unspecified atom stereocenters. The van der Waals surface area contributed by atoms with Crippen LogP contribution in [0.2, 0.25) is 0 Å². The zero-order valence-corrected chi connectivity index (χ0v) is 17.9. The Bertz CT molecular complexity index is 1470. The fraction of sp³-hybridized carbons (Fsp3) is 0.143. The summed E-state index contributed by atoms with van der Waals surface area (Å²) in [6.45, 7) is 1.58. The molecule has 0 aliphatic rings. The summed E-state index contributed by atoms with van der Waals surface area (Å²) in [5.74, 6) is -6.37. The number of fused-ring (bicyclic) bond motifs is 1. The first kappa shape index (κ1) is 22.4. The lowest BCUT2D eigenvalue weighted by Crippen LogP contribution is -2.19. The summed E-state index contributed by atoms with van der Waals surface area (Å²) in [6.07, 6.45) is 3.27. The van der Waals surface area contributed by atoms with Crippen molar-refractivity contribution in [1.29, 1.82) is 0 Å². The van der Waals surface area contributed by atoms with Crippen molar-refractivity contribution in [3.8, 4) is 11.4 Å². The van der Waals surface area contributed by atoms with Crippen LogP contribution in [0.15, 0.2) is 42.7 Å². The molecule has 0 radical (unpaired) electrons. The van der Waals surface area contributed by atoms with Crippen molar-refractivity contribution < 1.29 is 26.4 Å². The molecule has 2 N–H and O–H groups in total. The molecule has 4 aromatic rings. The van der Waals surface area contributed by atoms with Crippen LogP contribution in [0.1, 0.15) is 29.3 Å². The molecule has 0 saturated heterocycles. The van der Waals surface area contributed by atoms with Gasteiger partial charge in [-0.1, -0.05) is 6.92 Å². The topological polar surface area (TPSA) is 118 Å². The fourth-order valence-electron chi connectivity index (χ4n) is 3.19. The minimum absolute atomic E-state index is 0.193. The number of aromatic amines is 1. The lowest BCUT2D eigenvalue weighted by atomic mass is 10.0. The van der Waals surface area contributed by atoms with E-state index < -0.39 is 44.5 Å². The normalized spacial score (nSPS) is 11.6. The molecule has 0 amide bonds. The van der Waals surface area contributed by atoms with Crippen molar-refractivity contribution in [3.05, 3.63) is 71.3 Å². The number of benzene rings is 2. The van der Waals surface area contributed by atoms with E-state index in [9.17, 15) is 26.4 Å². The van der Waals surface area contributed by atoms with Gasteiger partial charge in [0.15, 0.2) is 23.2 Å². The number of carbonyl (C=O) groups is 1. The second-order valence-electron chi connectivity index (χ2n) is 7.08. The zero-order chi connectivity index (χ0) is 23.8. The molecule has 4 rings (SSSR count). The number of hydrogen-bond donors (Lipinski definition) is 2. The van der Waals surface area contributed by atoms with E-state index in [0.29, 0.717) is 23.0 Å². The molecular formula is C21H16F3N5O3S. The SMILES string of the molecule is CCCS(=O)(=O)Nc1cc(F)c(F)c(C(=O)c2ccc3ncc(-c4cc[nH]n4)nc3c2)c1F. The van der Waals surface area contributed by atoms with Gasteiger partial charge in [-0.2, -0.15) is 5.10 Å². The molecule has 0 spiro atoms. The first-order chi connectivity index (χ1) is 15.7. The van der Waals surface area contributed by atoms with Crippen LogP contribution < -0.4 is 4.72 Å². The number of anilines is 1. The quantitative estimate of drug-likeness (QED) is 0.310. The molecule has 0 bridgehead atoms. The largest absolute Gasteiger partial charge is 0.288 e. The van der Waals surface area contributed by atoms with Crippen LogP contribution in [-0.2, 0) is 10.0 Å². The van der Waals surface area contributed by atoms with Crippen LogP contribution in [0.5, 0.6) is 0 Å². The Morgan fingerprint density at radius 3 is 2.55 bits per heavy atom. The number of sulfonamides is 1. The number of hydrogen-bond acceptors (Lipinski definition) is 6. The molecule has 0 saturated carbocycles. The third-order valence-electron chi connectivity index (χ3n) is 4.69. The Labute approximate surface area is 185 Å². The van der Waals surface area contributed by atoms with Crippen LogP contribution in [0.4, 0.5) is 18.9 Å². The highest BCUT2D eigenvalue weighted by molar-refractivity contribution is 7.92. The highest BCUT2D eigenvalue weighted by Crippen LogP contribution is 2.28. The van der Waals surface area contributed by atoms with Gasteiger partial charge in [-0.15, -0.1) is 0 Å². The van der Waals surface area contributed by atoms with Crippen molar-refractivity contribution in [2.24, 2.45) is 0 Å². The summed E-state index contributed by atoms with van der Waals surface area (Å²) in [4.78, 5) is 21.5. The number of halogens is 3. The molecule has 170 valence electrons. The van der Waals surface area contributed by atoms with Crippen molar-refractivity contribution in [2.75, 3.05) is 10.5 Å². The van der Waals surface area contributed by atoms with E-state index in [1.807, 2.05) is 4.72 Å². The molecule has 2 aromatic heterocycles. The Morgan fingerprint density at radius 1 is 1.06 bits per heavy atom. The van der Waals surface area contributed by atoms with Crippen molar-refractivity contribution in [3.63, 3.8) is 0 Å². The first-order valence-corrected chi connectivity index (χ1v) is 11.3. The summed E-state index contributed by atoms with van der Waals surface area (Å²) in [5.41, 5.74) is -0.744. The third-order valence-corrected chi connectivity index (χ3v) is 6.17. The minimum atomic E-state index is -4.02. The second-order valence-corrected chi connectivity index (χ2v) is 8.92. The van der Waals surface area contributed by atoms with E-state index in [4.69, 9.17) is 0 Å². The molecular weight excluding hydrogens is 459 g/mol. The Morgan fingerprint density at radius 2 is 1.85 bits per heavy atom. The summed E-state index contributed by atoms with van der Waals surface area (Å²) in [5, 5.41) is 6.63. The maximum Gasteiger partial charge on any atom is 0.232 e. The minimum Gasteiger partial charge on any atom is -0.288 e. The number of nitrogens with zero attached hydrogens (tertiary/aromatic N) is 3. The zero-order valence-electron chi connectivity index (χ0n) is 17.1. The smallest absolute Gasteiger partial charge is 0.232 e. The van der Waals surface area contributed by atoms with E-state index in [1.54, 1.807) is 19.2 Å². The fourth-order valence-corrected chi connectivity index (χ4v) is 4.31. The lowest BCUT2D eigenvalue weighted by Gasteiger charge is -2.12. The number of rotatable bonds is 7. The number of aromatic nitrogens is 4. The maximum absolute atomic E-state index is 15.0. The monoisotopic (exact) mass is 475 g/mol. The number of carbonyl (C=O) groups excluding carboxylic acids is 1. The van der Waals surface area contributed by atoms with Gasteiger partial charge in [-0.3, -0.25) is 19.6 Å². The Balaban J connectivity index is 1.78. The highest BCUT2D eigenvalue weighted by Gasteiger charge is 2.27. The van der Waals surface area contributed by atoms with E-state index in [0.717, 1.165) is 0 Å². The first-order valence-electron chi connectivity index (χ1n) is 9.70. The summed E-state index contributed by atoms with van der Waals surface area (Å²) in [6, 6.07) is 5.95.